The van der Waals surface area contributed by atoms with Gasteiger partial charge in [0, 0.05) is 18.2 Å². The van der Waals surface area contributed by atoms with E-state index in [1.54, 1.807) is 0 Å². The molecule has 0 heterocycles. The van der Waals surface area contributed by atoms with Crippen LogP contribution in [0.3, 0.4) is 0 Å². The van der Waals surface area contributed by atoms with Crippen molar-refractivity contribution in [2.24, 2.45) is 5.73 Å². The molecule has 0 spiro atoms. The number of nitrogens with two attached hydrogens (primary N) is 1. The topological polar surface area (TPSA) is 38.5 Å². The Bertz CT molecular complexity index is 401. The zero-order valence-electron chi connectivity index (χ0n) is 11.4. The van der Waals surface area contributed by atoms with Crippen LogP contribution < -0.4 is 10.5 Å². The molecule has 3 nitrogen and oxygen atoms in total. The molecule has 0 aliphatic heterocycles. The van der Waals surface area contributed by atoms with Gasteiger partial charge in [0.15, 0.2) is 0 Å². The quantitative estimate of drug-likeness (QED) is 0.804. The number of hydrogen-bond acceptors (Lipinski definition) is 3. The summed E-state index contributed by atoms with van der Waals surface area (Å²) in [4.78, 5) is 2.25. The molecular formula is C15H22N2O. The van der Waals surface area contributed by atoms with Crippen molar-refractivity contribution in [3.63, 3.8) is 0 Å². The predicted molar refractivity (Wildman–Crippen MR) is 75.6 cm³/mol. The van der Waals surface area contributed by atoms with Crippen molar-refractivity contribution >= 4 is 0 Å². The maximum Gasteiger partial charge on any atom is 0.119 e. The van der Waals surface area contributed by atoms with E-state index >= 15 is 0 Å². The van der Waals surface area contributed by atoms with Crippen LogP contribution in [0.25, 0.3) is 0 Å². The van der Waals surface area contributed by atoms with Crippen molar-refractivity contribution in [2.75, 3.05) is 26.7 Å². The first-order chi connectivity index (χ1) is 8.63. The molecule has 0 aliphatic rings. The standard InChI is InChI=1S/C15H22N2O/c1-13(2)17(3)11-12-18-15-8-6-14(7-9-15)5-4-10-16/h6-9,13H,10-12,16H2,1-3H3. The second-order valence-electron chi connectivity index (χ2n) is 4.45. The van der Waals surface area contributed by atoms with E-state index in [9.17, 15) is 0 Å². The second-order valence-corrected chi connectivity index (χ2v) is 4.45. The van der Waals surface area contributed by atoms with Crippen molar-refractivity contribution in [1.82, 2.24) is 4.90 Å². The average Bonchev–Trinajstić information content (AvgIpc) is 2.37. The van der Waals surface area contributed by atoms with E-state index in [1.165, 1.54) is 0 Å². The van der Waals surface area contributed by atoms with E-state index in [0.717, 1.165) is 17.9 Å². The smallest absolute Gasteiger partial charge is 0.119 e. The minimum Gasteiger partial charge on any atom is -0.492 e. The minimum absolute atomic E-state index is 0.389. The molecule has 0 bridgehead atoms. The molecule has 0 unspecified atom stereocenters. The molecular weight excluding hydrogens is 224 g/mol. The molecule has 0 aromatic heterocycles. The van der Waals surface area contributed by atoms with Gasteiger partial charge in [-0.15, -0.1) is 0 Å². The van der Waals surface area contributed by atoms with Gasteiger partial charge in [0.2, 0.25) is 0 Å². The van der Waals surface area contributed by atoms with E-state index in [0.29, 0.717) is 19.2 Å². The Morgan fingerprint density at radius 3 is 2.50 bits per heavy atom. The first-order valence-corrected chi connectivity index (χ1v) is 6.25. The molecule has 0 amide bonds. The van der Waals surface area contributed by atoms with Crippen LogP contribution in [-0.4, -0.2) is 37.7 Å². The van der Waals surface area contributed by atoms with Gasteiger partial charge in [-0.05, 0) is 45.2 Å². The summed E-state index contributed by atoms with van der Waals surface area (Å²) >= 11 is 0. The lowest BCUT2D eigenvalue weighted by Crippen LogP contribution is -2.30. The fourth-order valence-corrected chi connectivity index (χ4v) is 1.35. The van der Waals surface area contributed by atoms with Crippen LogP contribution in [0.1, 0.15) is 19.4 Å². The van der Waals surface area contributed by atoms with Gasteiger partial charge in [-0.2, -0.15) is 0 Å². The first kappa shape index (κ1) is 14.6. The van der Waals surface area contributed by atoms with Gasteiger partial charge in [0.05, 0.1) is 6.54 Å². The zero-order chi connectivity index (χ0) is 13.4. The summed E-state index contributed by atoms with van der Waals surface area (Å²) in [5, 5.41) is 0. The molecule has 2 N–H and O–H groups in total. The molecule has 1 rings (SSSR count). The Balaban J connectivity index is 2.40. The summed E-state index contributed by atoms with van der Waals surface area (Å²) in [6.45, 7) is 6.35. The van der Waals surface area contributed by atoms with Crippen LogP contribution in [0.2, 0.25) is 0 Å². The largest absolute Gasteiger partial charge is 0.492 e. The Morgan fingerprint density at radius 1 is 1.28 bits per heavy atom. The van der Waals surface area contributed by atoms with E-state index in [2.05, 4.69) is 37.6 Å². The summed E-state index contributed by atoms with van der Waals surface area (Å²) in [5.41, 5.74) is 6.29. The van der Waals surface area contributed by atoms with Gasteiger partial charge in [-0.1, -0.05) is 11.8 Å². The highest BCUT2D eigenvalue weighted by Crippen LogP contribution is 2.11. The van der Waals surface area contributed by atoms with Crippen LogP contribution in [0, 0.1) is 11.8 Å². The Morgan fingerprint density at radius 2 is 1.94 bits per heavy atom. The van der Waals surface area contributed by atoms with Crippen LogP contribution in [0.5, 0.6) is 5.75 Å². The monoisotopic (exact) mass is 246 g/mol. The summed E-state index contributed by atoms with van der Waals surface area (Å²) in [6, 6.07) is 8.32. The highest BCUT2D eigenvalue weighted by molar-refractivity contribution is 5.38. The Kier molecular flexibility index (Phi) is 6.27. The number of rotatable bonds is 5. The molecule has 0 aliphatic carbocycles. The number of nitrogens with zero attached hydrogens (tertiary/aromatic N) is 1. The Hall–Kier alpha value is -1.50. The van der Waals surface area contributed by atoms with Crippen molar-refractivity contribution in [3.05, 3.63) is 29.8 Å². The van der Waals surface area contributed by atoms with Gasteiger partial charge < -0.3 is 15.4 Å². The van der Waals surface area contributed by atoms with E-state index in [4.69, 9.17) is 10.5 Å². The van der Waals surface area contributed by atoms with Crippen LogP contribution in [0.15, 0.2) is 24.3 Å². The fourth-order valence-electron chi connectivity index (χ4n) is 1.35. The van der Waals surface area contributed by atoms with Crippen LogP contribution >= 0.6 is 0 Å². The zero-order valence-corrected chi connectivity index (χ0v) is 11.4. The van der Waals surface area contributed by atoms with Gasteiger partial charge >= 0.3 is 0 Å². The van der Waals surface area contributed by atoms with Crippen LogP contribution in [0.4, 0.5) is 0 Å². The van der Waals surface area contributed by atoms with Crippen LogP contribution in [-0.2, 0) is 0 Å². The molecule has 0 fully saturated rings. The summed E-state index contributed by atoms with van der Waals surface area (Å²) in [5.74, 6) is 6.69. The van der Waals surface area contributed by atoms with E-state index < -0.39 is 0 Å². The van der Waals surface area contributed by atoms with Crippen molar-refractivity contribution in [3.8, 4) is 17.6 Å². The van der Waals surface area contributed by atoms with Crippen molar-refractivity contribution in [2.45, 2.75) is 19.9 Å². The fraction of sp³-hybridized carbons (Fsp3) is 0.467. The summed E-state index contributed by atoms with van der Waals surface area (Å²) in [6.07, 6.45) is 0. The van der Waals surface area contributed by atoms with Gasteiger partial charge in [0.1, 0.15) is 12.4 Å². The van der Waals surface area contributed by atoms with E-state index in [1.807, 2.05) is 24.3 Å². The van der Waals surface area contributed by atoms with Gasteiger partial charge in [0.25, 0.3) is 0 Å². The number of benzene rings is 1. The minimum atomic E-state index is 0.389. The third-order valence-electron chi connectivity index (χ3n) is 2.78. The molecule has 0 saturated carbocycles. The maximum absolute atomic E-state index is 5.67. The normalized spacial score (nSPS) is 10.3. The highest BCUT2D eigenvalue weighted by Gasteiger charge is 2.02. The molecule has 3 heteroatoms. The highest BCUT2D eigenvalue weighted by atomic mass is 16.5. The molecule has 1 aromatic rings. The van der Waals surface area contributed by atoms with Crippen molar-refractivity contribution < 1.29 is 4.74 Å². The first-order valence-electron chi connectivity index (χ1n) is 6.25. The molecule has 0 saturated heterocycles. The molecule has 0 radical (unpaired) electrons. The number of likely N-dealkylation sites (N-methyl/N-ethyl adjacent to an activating group) is 1. The third-order valence-corrected chi connectivity index (χ3v) is 2.78. The number of hydrogen-bond donors (Lipinski definition) is 1. The predicted octanol–water partition coefficient (Wildman–Crippen LogP) is 1.72. The Labute approximate surface area is 110 Å². The third kappa shape index (κ3) is 5.22. The van der Waals surface area contributed by atoms with Gasteiger partial charge in [-0.3, -0.25) is 0 Å². The van der Waals surface area contributed by atoms with Crippen molar-refractivity contribution in [1.29, 1.82) is 0 Å². The van der Waals surface area contributed by atoms with Gasteiger partial charge in [-0.25, -0.2) is 0 Å². The average molecular weight is 246 g/mol. The molecule has 18 heavy (non-hydrogen) atoms. The van der Waals surface area contributed by atoms with E-state index in [-0.39, 0.29) is 0 Å². The maximum atomic E-state index is 5.67. The second kappa shape index (κ2) is 7.75. The summed E-state index contributed by atoms with van der Waals surface area (Å²) < 4.78 is 5.67. The SMILES string of the molecule is CC(C)N(C)CCOc1ccc(C#CCN)cc1. The lowest BCUT2D eigenvalue weighted by atomic mass is 10.2. The number of ether oxygens (including phenoxy) is 1. The lowest BCUT2D eigenvalue weighted by molar-refractivity contribution is 0.208. The summed E-state index contributed by atoms with van der Waals surface area (Å²) in [7, 11) is 2.10. The molecule has 0 atom stereocenters. The molecule has 98 valence electrons. The lowest BCUT2D eigenvalue weighted by Gasteiger charge is -2.20. The molecule has 1 aromatic carbocycles.